The number of anilines is 2. The standard InChI is InChI=1S/C14H23N3O2S/c1-4-9-6-7-10(8(9)3)16-13-11(12(15)17-20-13)14(18)19-5-2/h8-10,16H,4-7H2,1-3H3,(H2,15,17). The lowest BCUT2D eigenvalue weighted by Crippen LogP contribution is -2.25. The van der Waals surface area contributed by atoms with E-state index in [0.29, 0.717) is 24.1 Å². The molecule has 3 N–H and O–H groups in total. The second-order valence-electron chi connectivity index (χ2n) is 5.35. The number of ether oxygens (including phenoxy) is 1. The zero-order valence-electron chi connectivity index (χ0n) is 12.3. The fourth-order valence-electron chi connectivity index (χ4n) is 3.00. The van der Waals surface area contributed by atoms with Gasteiger partial charge in [-0.05, 0) is 43.1 Å². The number of hydrogen-bond acceptors (Lipinski definition) is 6. The van der Waals surface area contributed by atoms with Crippen LogP contribution in [-0.4, -0.2) is 23.0 Å². The minimum absolute atomic E-state index is 0.258. The fraction of sp³-hybridized carbons (Fsp3) is 0.714. The van der Waals surface area contributed by atoms with Crippen LogP contribution in [0.15, 0.2) is 0 Å². The summed E-state index contributed by atoms with van der Waals surface area (Å²) in [6.07, 6.45) is 3.56. The molecule has 1 saturated carbocycles. The molecule has 0 aromatic carbocycles. The average Bonchev–Trinajstić information content (AvgIpc) is 2.95. The molecule has 5 nitrogen and oxygen atoms in total. The molecule has 3 atom stereocenters. The van der Waals surface area contributed by atoms with E-state index in [-0.39, 0.29) is 11.8 Å². The second kappa shape index (κ2) is 6.43. The normalized spacial score (nSPS) is 25.6. The van der Waals surface area contributed by atoms with Gasteiger partial charge in [0.15, 0.2) is 5.82 Å². The Kier molecular flexibility index (Phi) is 4.86. The molecule has 20 heavy (non-hydrogen) atoms. The molecule has 1 aromatic heterocycles. The molecule has 112 valence electrons. The van der Waals surface area contributed by atoms with Gasteiger partial charge in [0.2, 0.25) is 0 Å². The third-order valence-electron chi connectivity index (χ3n) is 4.27. The summed E-state index contributed by atoms with van der Waals surface area (Å²) >= 11 is 1.24. The topological polar surface area (TPSA) is 77.2 Å². The van der Waals surface area contributed by atoms with Gasteiger partial charge >= 0.3 is 5.97 Å². The summed E-state index contributed by atoms with van der Waals surface area (Å²) in [5, 5.41) is 4.20. The molecule has 0 radical (unpaired) electrons. The number of hydrogen-bond donors (Lipinski definition) is 2. The van der Waals surface area contributed by atoms with E-state index in [9.17, 15) is 4.79 Å². The van der Waals surface area contributed by atoms with E-state index in [0.717, 1.165) is 17.3 Å². The maximum absolute atomic E-state index is 11.9. The van der Waals surface area contributed by atoms with E-state index in [4.69, 9.17) is 10.5 Å². The van der Waals surface area contributed by atoms with E-state index in [2.05, 4.69) is 23.5 Å². The molecule has 1 fully saturated rings. The molecular weight excluding hydrogens is 274 g/mol. The van der Waals surface area contributed by atoms with Crippen molar-refractivity contribution in [2.24, 2.45) is 11.8 Å². The number of carbonyl (C=O) groups excluding carboxylic acids is 1. The van der Waals surface area contributed by atoms with Crippen LogP contribution >= 0.6 is 11.5 Å². The van der Waals surface area contributed by atoms with Crippen LogP contribution in [0.4, 0.5) is 10.8 Å². The highest BCUT2D eigenvalue weighted by molar-refractivity contribution is 7.11. The Morgan fingerprint density at radius 2 is 2.25 bits per heavy atom. The van der Waals surface area contributed by atoms with Crippen LogP contribution < -0.4 is 11.1 Å². The molecular formula is C14H23N3O2S. The van der Waals surface area contributed by atoms with Crippen molar-refractivity contribution in [2.45, 2.75) is 46.1 Å². The van der Waals surface area contributed by atoms with E-state index in [1.165, 1.54) is 24.4 Å². The van der Waals surface area contributed by atoms with E-state index in [1.54, 1.807) is 6.92 Å². The molecule has 0 amide bonds. The van der Waals surface area contributed by atoms with Crippen LogP contribution in [0, 0.1) is 11.8 Å². The first-order valence-corrected chi connectivity index (χ1v) is 8.04. The monoisotopic (exact) mass is 297 g/mol. The van der Waals surface area contributed by atoms with Crippen molar-refractivity contribution in [3.05, 3.63) is 5.56 Å². The van der Waals surface area contributed by atoms with E-state index >= 15 is 0 Å². The van der Waals surface area contributed by atoms with Crippen molar-refractivity contribution in [3.63, 3.8) is 0 Å². The zero-order chi connectivity index (χ0) is 14.7. The number of carbonyl (C=O) groups is 1. The smallest absolute Gasteiger partial charge is 0.344 e. The van der Waals surface area contributed by atoms with Crippen LogP contribution in [-0.2, 0) is 4.74 Å². The van der Waals surface area contributed by atoms with Gasteiger partial charge in [-0.1, -0.05) is 20.3 Å². The third-order valence-corrected chi connectivity index (χ3v) is 5.06. The van der Waals surface area contributed by atoms with E-state index in [1.807, 2.05) is 0 Å². The van der Waals surface area contributed by atoms with Crippen LogP contribution in [0.3, 0.4) is 0 Å². The largest absolute Gasteiger partial charge is 0.462 e. The minimum Gasteiger partial charge on any atom is -0.462 e. The Balaban J connectivity index is 2.12. The molecule has 6 heteroatoms. The van der Waals surface area contributed by atoms with Crippen molar-refractivity contribution in [3.8, 4) is 0 Å². The predicted molar refractivity (Wildman–Crippen MR) is 82.1 cm³/mol. The van der Waals surface area contributed by atoms with Gasteiger partial charge < -0.3 is 15.8 Å². The number of esters is 1. The van der Waals surface area contributed by atoms with Crippen molar-refractivity contribution in [2.75, 3.05) is 17.7 Å². The molecule has 1 aromatic rings. The molecule has 1 aliphatic rings. The number of nitrogens with zero attached hydrogens (tertiary/aromatic N) is 1. The van der Waals surface area contributed by atoms with Gasteiger partial charge in [0.05, 0.1) is 6.61 Å². The Labute approximate surface area is 124 Å². The van der Waals surface area contributed by atoms with Gasteiger partial charge in [0.1, 0.15) is 10.6 Å². The Morgan fingerprint density at radius 3 is 2.85 bits per heavy atom. The van der Waals surface area contributed by atoms with Crippen molar-refractivity contribution in [1.29, 1.82) is 0 Å². The summed E-state index contributed by atoms with van der Waals surface area (Å²) in [5.74, 6) is 1.22. The zero-order valence-corrected chi connectivity index (χ0v) is 13.1. The highest BCUT2D eigenvalue weighted by Gasteiger charge is 2.33. The number of nitrogens with two attached hydrogens (primary N) is 1. The number of rotatable bonds is 5. The summed E-state index contributed by atoms with van der Waals surface area (Å²) in [6, 6.07) is 0.382. The summed E-state index contributed by atoms with van der Waals surface area (Å²) in [4.78, 5) is 11.9. The van der Waals surface area contributed by atoms with Gasteiger partial charge in [0.25, 0.3) is 0 Å². The third kappa shape index (κ3) is 2.90. The van der Waals surface area contributed by atoms with Gasteiger partial charge in [-0.2, -0.15) is 4.37 Å². The van der Waals surface area contributed by atoms with Crippen molar-refractivity contribution in [1.82, 2.24) is 4.37 Å². The van der Waals surface area contributed by atoms with Gasteiger partial charge in [-0.25, -0.2) is 4.79 Å². The lowest BCUT2D eigenvalue weighted by Gasteiger charge is -2.21. The lowest BCUT2D eigenvalue weighted by molar-refractivity contribution is 0.0529. The Hall–Kier alpha value is -1.30. The van der Waals surface area contributed by atoms with E-state index < -0.39 is 0 Å². The molecule has 2 rings (SSSR count). The van der Waals surface area contributed by atoms with Crippen molar-refractivity contribution < 1.29 is 9.53 Å². The number of aromatic nitrogens is 1. The fourth-order valence-corrected chi connectivity index (χ4v) is 3.76. The van der Waals surface area contributed by atoms with Crippen molar-refractivity contribution >= 4 is 28.3 Å². The summed E-state index contributed by atoms with van der Waals surface area (Å²) in [7, 11) is 0. The molecule has 0 bridgehead atoms. The summed E-state index contributed by atoms with van der Waals surface area (Å²) in [5.41, 5.74) is 6.19. The maximum Gasteiger partial charge on any atom is 0.344 e. The second-order valence-corrected chi connectivity index (χ2v) is 6.12. The molecule has 1 heterocycles. The first-order chi connectivity index (χ1) is 9.58. The predicted octanol–water partition coefficient (Wildman–Crippen LogP) is 3.14. The number of nitrogens with one attached hydrogen (secondary N) is 1. The lowest BCUT2D eigenvalue weighted by atomic mass is 9.93. The number of nitrogen functional groups attached to an aromatic ring is 1. The first-order valence-electron chi connectivity index (χ1n) is 7.27. The van der Waals surface area contributed by atoms with Gasteiger partial charge in [-0.15, -0.1) is 0 Å². The minimum atomic E-state index is -0.390. The molecule has 1 aliphatic carbocycles. The summed E-state index contributed by atoms with van der Waals surface area (Å²) in [6.45, 7) is 6.63. The van der Waals surface area contributed by atoms with Crippen LogP contribution in [0.5, 0.6) is 0 Å². The first kappa shape index (κ1) is 15.1. The Bertz CT molecular complexity index is 475. The quantitative estimate of drug-likeness (QED) is 0.816. The van der Waals surface area contributed by atoms with Gasteiger partial charge in [0, 0.05) is 6.04 Å². The molecule has 0 aliphatic heterocycles. The molecule has 0 spiro atoms. The highest BCUT2D eigenvalue weighted by atomic mass is 32.1. The molecule has 0 saturated heterocycles. The Morgan fingerprint density at radius 1 is 1.50 bits per heavy atom. The van der Waals surface area contributed by atoms with Crippen LogP contribution in [0.2, 0.25) is 0 Å². The maximum atomic E-state index is 11.9. The van der Waals surface area contributed by atoms with Gasteiger partial charge in [-0.3, -0.25) is 0 Å². The van der Waals surface area contributed by atoms with Crippen LogP contribution in [0.1, 0.15) is 50.4 Å². The molecule has 3 unspecified atom stereocenters. The highest BCUT2D eigenvalue weighted by Crippen LogP contribution is 2.38. The average molecular weight is 297 g/mol. The van der Waals surface area contributed by atoms with Crippen LogP contribution in [0.25, 0.3) is 0 Å². The SMILES string of the molecule is CCOC(=O)c1c(N)nsc1NC1CCC(CC)C1C. The summed E-state index contributed by atoms with van der Waals surface area (Å²) < 4.78 is 9.13.